The van der Waals surface area contributed by atoms with Gasteiger partial charge >= 0.3 is 12.4 Å². The monoisotopic (exact) mass is 293 g/mol. The number of halogens is 7. The molecule has 2 N–H and O–H groups in total. The second-order valence-corrected chi connectivity index (χ2v) is 3.70. The van der Waals surface area contributed by atoms with Crippen molar-refractivity contribution in [2.75, 3.05) is 5.73 Å². The largest absolute Gasteiger partial charge is 0.469 e. The number of hydrogen-bond donors (Lipinski definition) is 1. The van der Waals surface area contributed by atoms with Gasteiger partial charge in [0.2, 0.25) is 0 Å². The molecule has 0 radical (unpaired) electrons. The van der Waals surface area contributed by atoms with E-state index < -0.39 is 29.9 Å². The first-order chi connectivity index (χ1) is 8.01. The normalized spacial score (nSPS) is 12.9. The molecule has 0 saturated carbocycles. The van der Waals surface area contributed by atoms with E-state index >= 15 is 0 Å². The highest BCUT2D eigenvalue weighted by atomic mass is 35.5. The highest BCUT2D eigenvalue weighted by Gasteiger charge is 2.59. The van der Waals surface area contributed by atoms with Gasteiger partial charge in [-0.25, -0.2) is 0 Å². The molecule has 0 heterocycles. The highest BCUT2D eigenvalue weighted by molar-refractivity contribution is 6.30. The lowest BCUT2D eigenvalue weighted by Gasteiger charge is -2.24. The average Bonchev–Trinajstić information content (AvgIpc) is 2.12. The summed E-state index contributed by atoms with van der Waals surface area (Å²) in [5.41, 5.74) is 4.80. The molecule has 0 spiro atoms. The van der Waals surface area contributed by atoms with E-state index in [4.69, 9.17) is 17.3 Å². The van der Waals surface area contributed by atoms with Gasteiger partial charge in [0.15, 0.2) is 0 Å². The lowest BCUT2D eigenvalue weighted by molar-refractivity contribution is -0.299. The van der Waals surface area contributed by atoms with E-state index in [0.717, 1.165) is 18.2 Å². The zero-order valence-corrected chi connectivity index (χ0v) is 9.20. The fourth-order valence-corrected chi connectivity index (χ4v) is 1.25. The molecule has 0 bridgehead atoms. The maximum atomic E-state index is 12.2. The first-order valence-corrected chi connectivity index (χ1v) is 4.74. The zero-order valence-electron chi connectivity index (χ0n) is 8.44. The summed E-state index contributed by atoms with van der Waals surface area (Å²) >= 11 is 5.45. The van der Waals surface area contributed by atoms with Crippen LogP contribution >= 0.6 is 11.6 Å². The summed E-state index contributed by atoms with van der Waals surface area (Å²) in [6, 6.07) is 2.89. The highest BCUT2D eigenvalue weighted by Crippen LogP contribution is 2.38. The summed E-state index contributed by atoms with van der Waals surface area (Å²) in [7, 11) is 0. The SMILES string of the molecule is Nc1cc(Cl)ccc1OC(C(F)(F)F)C(F)(F)F. The summed E-state index contributed by atoms with van der Waals surface area (Å²) < 4.78 is 77.1. The van der Waals surface area contributed by atoms with E-state index in [-0.39, 0.29) is 5.02 Å². The van der Waals surface area contributed by atoms with Crippen LogP contribution in [-0.2, 0) is 0 Å². The first kappa shape index (κ1) is 14.7. The Morgan fingerprint density at radius 2 is 1.56 bits per heavy atom. The van der Waals surface area contributed by atoms with Crippen LogP contribution in [0.5, 0.6) is 5.75 Å². The average molecular weight is 294 g/mol. The number of alkyl halides is 6. The van der Waals surface area contributed by atoms with Crippen LogP contribution in [0.2, 0.25) is 5.02 Å². The summed E-state index contributed by atoms with van der Waals surface area (Å²) in [5, 5.41) is 0.0652. The van der Waals surface area contributed by atoms with E-state index in [1.165, 1.54) is 0 Å². The lowest BCUT2D eigenvalue weighted by Crippen LogP contribution is -2.46. The van der Waals surface area contributed by atoms with E-state index in [1.54, 1.807) is 0 Å². The van der Waals surface area contributed by atoms with Gasteiger partial charge in [-0.05, 0) is 18.2 Å². The van der Waals surface area contributed by atoms with Crippen LogP contribution in [0.3, 0.4) is 0 Å². The molecule has 0 fully saturated rings. The predicted octanol–water partition coefficient (Wildman–Crippen LogP) is 3.79. The van der Waals surface area contributed by atoms with Gasteiger partial charge in [-0.3, -0.25) is 0 Å². The molecular formula is C9H6ClF6NO. The molecule has 0 aliphatic heterocycles. The Morgan fingerprint density at radius 3 is 1.94 bits per heavy atom. The van der Waals surface area contributed by atoms with Crippen LogP contribution in [0.4, 0.5) is 32.0 Å². The molecule has 9 heteroatoms. The predicted molar refractivity (Wildman–Crippen MR) is 52.4 cm³/mol. The minimum atomic E-state index is -5.59. The van der Waals surface area contributed by atoms with Gasteiger partial charge < -0.3 is 10.5 Å². The van der Waals surface area contributed by atoms with Crippen LogP contribution in [-0.4, -0.2) is 18.5 Å². The quantitative estimate of drug-likeness (QED) is 0.665. The minimum absolute atomic E-state index is 0.0652. The molecule has 0 saturated heterocycles. The standard InChI is InChI=1S/C9H6ClF6NO/c10-4-1-2-6(5(17)3-4)18-7(8(11,12)13)9(14,15)16/h1-3,7H,17H2. The van der Waals surface area contributed by atoms with Crippen molar-refractivity contribution in [1.29, 1.82) is 0 Å². The van der Waals surface area contributed by atoms with E-state index in [2.05, 4.69) is 4.74 Å². The second kappa shape index (κ2) is 4.75. The van der Waals surface area contributed by atoms with Gasteiger partial charge in [0.25, 0.3) is 6.10 Å². The number of hydrogen-bond acceptors (Lipinski definition) is 2. The fourth-order valence-electron chi connectivity index (χ4n) is 1.07. The number of nitrogens with two attached hydrogens (primary N) is 1. The van der Waals surface area contributed by atoms with Crippen LogP contribution in [0.25, 0.3) is 0 Å². The number of ether oxygens (including phenoxy) is 1. The molecule has 0 amide bonds. The molecular weight excluding hydrogens is 288 g/mol. The van der Waals surface area contributed by atoms with Crippen molar-refractivity contribution in [2.45, 2.75) is 18.5 Å². The van der Waals surface area contributed by atoms with E-state index in [9.17, 15) is 26.3 Å². The third-order valence-corrected chi connectivity index (χ3v) is 2.05. The van der Waals surface area contributed by atoms with E-state index in [1.807, 2.05) is 0 Å². The Hall–Kier alpha value is -1.31. The first-order valence-electron chi connectivity index (χ1n) is 4.37. The van der Waals surface area contributed by atoms with Gasteiger partial charge in [0, 0.05) is 5.02 Å². The maximum absolute atomic E-state index is 12.2. The zero-order chi connectivity index (χ0) is 14.1. The Bertz CT molecular complexity index is 416. The Kier molecular flexibility index (Phi) is 3.89. The van der Waals surface area contributed by atoms with Crippen LogP contribution in [0.15, 0.2) is 18.2 Å². The number of rotatable bonds is 2. The Balaban J connectivity index is 3.05. The molecule has 0 aromatic heterocycles. The van der Waals surface area contributed by atoms with Gasteiger partial charge in [0.1, 0.15) is 5.75 Å². The molecule has 1 aromatic carbocycles. The molecule has 18 heavy (non-hydrogen) atoms. The third-order valence-electron chi connectivity index (χ3n) is 1.81. The van der Waals surface area contributed by atoms with Gasteiger partial charge in [-0.1, -0.05) is 11.6 Å². The van der Waals surface area contributed by atoms with Crippen molar-refractivity contribution in [2.24, 2.45) is 0 Å². The molecule has 1 rings (SSSR count). The second-order valence-electron chi connectivity index (χ2n) is 3.26. The summed E-state index contributed by atoms with van der Waals surface area (Å²) in [6.07, 6.45) is -15.1. The summed E-state index contributed by atoms with van der Waals surface area (Å²) in [4.78, 5) is 0. The molecule has 0 aliphatic carbocycles. The molecule has 0 atom stereocenters. The van der Waals surface area contributed by atoms with Crippen molar-refractivity contribution in [3.05, 3.63) is 23.2 Å². The van der Waals surface area contributed by atoms with Crippen molar-refractivity contribution >= 4 is 17.3 Å². The molecule has 102 valence electrons. The lowest BCUT2D eigenvalue weighted by atomic mass is 10.3. The topological polar surface area (TPSA) is 35.2 Å². The van der Waals surface area contributed by atoms with Gasteiger partial charge in [-0.2, -0.15) is 26.3 Å². The molecule has 0 aliphatic rings. The van der Waals surface area contributed by atoms with Crippen molar-refractivity contribution < 1.29 is 31.1 Å². The number of benzene rings is 1. The third kappa shape index (κ3) is 3.59. The molecule has 2 nitrogen and oxygen atoms in total. The maximum Gasteiger partial charge on any atom is 0.434 e. The number of nitrogen functional groups attached to an aromatic ring is 1. The minimum Gasteiger partial charge on any atom is -0.469 e. The van der Waals surface area contributed by atoms with Crippen molar-refractivity contribution in [1.82, 2.24) is 0 Å². The number of anilines is 1. The summed E-state index contributed by atoms with van der Waals surface area (Å²) in [5.74, 6) is -0.737. The van der Waals surface area contributed by atoms with Gasteiger partial charge in [0.05, 0.1) is 5.69 Å². The smallest absolute Gasteiger partial charge is 0.434 e. The van der Waals surface area contributed by atoms with Crippen molar-refractivity contribution in [3.8, 4) is 5.75 Å². The molecule has 0 unspecified atom stereocenters. The van der Waals surface area contributed by atoms with E-state index in [0.29, 0.717) is 0 Å². The van der Waals surface area contributed by atoms with Crippen LogP contribution in [0, 0.1) is 0 Å². The van der Waals surface area contributed by atoms with Crippen molar-refractivity contribution in [3.63, 3.8) is 0 Å². The van der Waals surface area contributed by atoms with Crippen LogP contribution in [0.1, 0.15) is 0 Å². The van der Waals surface area contributed by atoms with Crippen LogP contribution < -0.4 is 10.5 Å². The molecule has 1 aromatic rings. The summed E-state index contributed by atoms with van der Waals surface area (Å²) in [6.45, 7) is 0. The Morgan fingerprint density at radius 1 is 1.06 bits per heavy atom. The fraction of sp³-hybridized carbons (Fsp3) is 0.333. The van der Waals surface area contributed by atoms with Gasteiger partial charge in [-0.15, -0.1) is 0 Å². The Labute approximate surface area is 102 Å².